The van der Waals surface area contributed by atoms with Gasteiger partial charge in [0.05, 0.1) is 24.1 Å². The Labute approximate surface area is 218 Å². The van der Waals surface area contributed by atoms with Crippen LogP contribution >= 0.6 is 0 Å². The third kappa shape index (κ3) is 4.93. The number of aryl methyl sites for hydroxylation is 1. The number of anilines is 2. The second kappa shape index (κ2) is 9.15. The van der Waals surface area contributed by atoms with Crippen molar-refractivity contribution >= 4 is 27.5 Å². The van der Waals surface area contributed by atoms with Gasteiger partial charge in [0, 0.05) is 22.9 Å². The van der Waals surface area contributed by atoms with E-state index >= 15 is 0 Å². The van der Waals surface area contributed by atoms with Crippen LogP contribution in [-0.4, -0.2) is 36.3 Å². The number of pyridine rings is 1. The zero-order valence-electron chi connectivity index (χ0n) is 22.2. The Kier molecular flexibility index (Phi) is 6.58. The topological polar surface area (TPSA) is 123 Å². The highest BCUT2D eigenvalue weighted by Crippen LogP contribution is 2.51. The van der Waals surface area contributed by atoms with Crippen molar-refractivity contribution in [3.63, 3.8) is 0 Å². The summed E-state index contributed by atoms with van der Waals surface area (Å²) in [5, 5.41) is 10.4. The molecule has 0 saturated carbocycles. The van der Waals surface area contributed by atoms with E-state index in [1.807, 2.05) is 38.1 Å². The monoisotopic (exact) mass is 523 g/mol. The second-order valence-electron chi connectivity index (χ2n) is 10.6. The van der Waals surface area contributed by atoms with Gasteiger partial charge in [0.15, 0.2) is 6.10 Å². The van der Waals surface area contributed by atoms with Crippen molar-refractivity contribution in [2.75, 3.05) is 16.3 Å². The normalized spacial score (nSPS) is 14.2. The fourth-order valence-corrected chi connectivity index (χ4v) is 5.98. The lowest BCUT2D eigenvalue weighted by molar-refractivity contribution is -0.160. The van der Waals surface area contributed by atoms with Crippen molar-refractivity contribution < 1.29 is 23.1 Å². The van der Waals surface area contributed by atoms with E-state index < -0.39 is 27.7 Å². The third-order valence-corrected chi connectivity index (χ3v) is 7.67. The van der Waals surface area contributed by atoms with Crippen LogP contribution in [0.3, 0.4) is 0 Å². The highest BCUT2D eigenvalue weighted by atomic mass is 32.2. The number of rotatable bonds is 5. The van der Waals surface area contributed by atoms with Gasteiger partial charge >= 0.3 is 5.97 Å². The standard InChI is InChI=1S/C28H33N3O5S/c1-15-8-10-18(11-9-15)22-16(2)23-20-13-30-21(29)12-19(20)14-31(37(7,34)35)25(23)17(3)24(22)26(27(32)33)36-28(4,5)6/h8-13,26H,14H2,1-7H3,(H2,29,30)(H,32,33)/t26-/m0/s1. The van der Waals surface area contributed by atoms with Crippen molar-refractivity contribution in [1.29, 1.82) is 0 Å². The van der Waals surface area contributed by atoms with Gasteiger partial charge < -0.3 is 15.6 Å². The molecule has 0 bridgehead atoms. The van der Waals surface area contributed by atoms with Gasteiger partial charge in [0.25, 0.3) is 0 Å². The zero-order chi connectivity index (χ0) is 27.4. The van der Waals surface area contributed by atoms with Crippen LogP contribution in [0.15, 0.2) is 36.5 Å². The average molecular weight is 524 g/mol. The smallest absolute Gasteiger partial charge is 0.337 e. The summed E-state index contributed by atoms with van der Waals surface area (Å²) in [7, 11) is -3.73. The number of nitrogens with two attached hydrogens (primary N) is 1. The summed E-state index contributed by atoms with van der Waals surface area (Å²) < 4.78 is 33.6. The fraction of sp³-hybridized carbons (Fsp3) is 0.357. The molecule has 2 aromatic carbocycles. The zero-order valence-corrected chi connectivity index (χ0v) is 23.0. The van der Waals surface area contributed by atoms with Gasteiger partial charge in [0.1, 0.15) is 5.82 Å². The number of carboxylic acids is 1. The maximum atomic E-state index is 13.1. The Morgan fingerprint density at radius 1 is 1.11 bits per heavy atom. The summed E-state index contributed by atoms with van der Waals surface area (Å²) in [5.74, 6) is -0.854. The Morgan fingerprint density at radius 2 is 1.73 bits per heavy atom. The lowest BCUT2D eigenvalue weighted by Gasteiger charge is -2.37. The quantitative estimate of drug-likeness (QED) is 0.474. The van der Waals surface area contributed by atoms with Crippen LogP contribution < -0.4 is 10.0 Å². The molecule has 0 fully saturated rings. The molecular weight excluding hydrogens is 490 g/mol. The van der Waals surface area contributed by atoms with Gasteiger partial charge in [-0.05, 0) is 75.4 Å². The Morgan fingerprint density at radius 3 is 2.27 bits per heavy atom. The molecule has 9 heteroatoms. The molecule has 1 atom stereocenters. The predicted molar refractivity (Wildman–Crippen MR) is 146 cm³/mol. The molecule has 0 spiro atoms. The lowest BCUT2D eigenvalue weighted by atomic mass is 9.80. The molecule has 3 aromatic rings. The largest absolute Gasteiger partial charge is 0.479 e. The summed E-state index contributed by atoms with van der Waals surface area (Å²) in [5.41, 5.74) is 12.1. The van der Waals surface area contributed by atoms with E-state index in [0.717, 1.165) is 34.1 Å². The van der Waals surface area contributed by atoms with Crippen LogP contribution in [0.2, 0.25) is 0 Å². The maximum absolute atomic E-state index is 13.1. The van der Waals surface area contributed by atoms with Gasteiger partial charge in [-0.1, -0.05) is 29.8 Å². The number of carbonyl (C=O) groups is 1. The molecule has 8 nitrogen and oxygen atoms in total. The van der Waals surface area contributed by atoms with Crippen molar-refractivity contribution in [3.8, 4) is 22.3 Å². The number of carboxylic acid groups (broad SMARTS) is 1. The van der Waals surface area contributed by atoms with Gasteiger partial charge in [-0.15, -0.1) is 0 Å². The summed E-state index contributed by atoms with van der Waals surface area (Å²) in [6.45, 7) is 11.1. The van der Waals surface area contributed by atoms with Crippen molar-refractivity contribution in [3.05, 3.63) is 64.3 Å². The van der Waals surface area contributed by atoms with Gasteiger partial charge in [-0.3, -0.25) is 4.31 Å². The number of sulfonamides is 1. The SMILES string of the molecule is Cc1ccc(-c2c(C)c3c(c(C)c2[C@H](OC(C)(C)C)C(=O)O)N(S(C)(=O)=O)Cc2cc(N)ncc2-3)cc1. The van der Waals surface area contributed by atoms with Gasteiger partial charge in [0.2, 0.25) is 10.0 Å². The molecular formula is C28H33N3O5S. The fourth-order valence-electron chi connectivity index (χ4n) is 5.04. The maximum Gasteiger partial charge on any atom is 0.337 e. The molecule has 0 saturated heterocycles. The Hall–Kier alpha value is -3.43. The Balaban J connectivity index is 2.21. The van der Waals surface area contributed by atoms with E-state index in [9.17, 15) is 18.3 Å². The first-order valence-corrected chi connectivity index (χ1v) is 13.8. The van der Waals surface area contributed by atoms with Crippen LogP contribution in [0, 0.1) is 20.8 Å². The molecule has 0 radical (unpaired) electrons. The van der Waals surface area contributed by atoms with Crippen LogP contribution in [-0.2, 0) is 26.1 Å². The number of ether oxygens (including phenoxy) is 1. The summed E-state index contributed by atoms with van der Waals surface area (Å²) in [4.78, 5) is 17.0. The number of nitrogen functional groups attached to an aromatic ring is 1. The molecule has 3 N–H and O–H groups in total. The van der Waals surface area contributed by atoms with Crippen molar-refractivity contribution in [2.45, 2.75) is 59.8 Å². The number of benzene rings is 2. The highest BCUT2D eigenvalue weighted by molar-refractivity contribution is 7.92. The minimum absolute atomic E-state index is 0.0648. The minimum atomic E-state index is -3.73. The Bertz CT molecular complexity index is 1510. The summed E-state index contributed by atoms with van der Waals surface area (Å²) in [6.07, 6.45) is 1.48. The first-order chi connectivity index (χ1) is 17.1. The van der Waals surface area contributed by atoms with E-state index in [1.165, 1.54) is 4.31 Å². The van der Waals surface area contributed by atoms with E-state index in [1.54, 1.807) is 40.0 Å². The molecule has 2 heterocycles. The first-order valence-electron chi connectivity index (χ1n) is 12.0. The molecule has 37 heavy (non-hydrogen) atoms. The van der Waals surface area contributed by atoms with Crippen LogP contribution in [0.1, 0.15) is 54.7 Å². The van der Waals surface area contributed by atoms with Gasteiger partial charge in [-0.25, -0.2) is 18.2 Å². The molecule has 0 amide bonds. The summed E-state index contributed by atoms with van der Waals surface area (Å²) >= 11 is 0. The number of hydrogen-bond donors (Lipinski definition) is 2. The average Bonchev–Trinajstić information content (AvgIpc) is 2.78. The first kappa shape index (κ1) is 26.6. The van der Waals surface area contributed by atoms with E-state index in [-0.39, 0.29) is 6.54 Å². The van der Waals surface area contributed by atoms with Gasteiger partial charge in [-0.2, -0.15) is 0 Å². The molecule has 4 rings (SSSR count). The predicted octanol–water partition coefficient (Wildman–Crippen LogP) is 5.14. The van der Waals surface area contributed by atoms with Crippen LogP contribution in [0.5, 0.6) is 0 Å². The molecule has 196 valence electrons. The molecule has 1 aliphatic rings. The molecule has 1 aliphatic heterocycles. The number of nitrogens with zero attached hydrogens (tertiary/aromatic N) is 2. The highest BCUT2D eigenvalue weighted by Gasteiger charge is 2.38. The van der Waals surface area contributed by atoms with E-state index in [4.69, 9.17) is 10.5 Å². The van der Waals surface area contributed by atoms with E-state index in [0.29, 0.717) is 33.8 Å². The summed E-state index contributed by atoms with van der Waals surface area (Å²) in [6, 6.07) is 9.51. The molecule has 0 unspecified atom stereocenters. The van der Waals surface area contributed by atoms with Crippen molar-refractivity contribution in [1.82, 2.24) is 4.98 Å². The van der Waals surface area contributed by atoms with Crippen LogP contribution in [0.25, 0.3) is 22.3 Å². The number of aromatic nitrogens is 1. The molecule has 1 aromatic heterocycles. The second-order valence-corrected chi connectivity index (χ2v) is 12.5. The third-order valence-electron chi connectivity index (χ3n) is 6.56. The van der Waals surface area contributed by atoms with Crippen LogP contribution in [0.4, 0.5) is 11.5 Å². The van der Waals surface area contributed by atoms with E-state index in [2.05, 4.69) is 4.98 Å². The number of hydrogen-bond acceptors (Lipinski definition) is 6. The lowest BCUT2D eigenvalue weighted by Crippen LogP contribution is -2.35. The van der Waals surface area contributed by atoms with Crippen molar-refractivity contribution in [2.24, 2.45) is 0 Å². The number of aliphatic carboxylic acids is 1. The number of fused-ring (bicyclic) bond motifs is 3. The minimum Gasteiger partial charge on any atom is -0.479 e. The molecule has 0 aliphatic carbocycles.